The zero-order chi connectivity index (χ0) is 19.4. The Kier molecular flexibility index (Phi) is 6.17. The van der Waals surface area contributed by atoms with Gasteiger partial charge in [-0.15, -0.1) is 0 Å². The Morgan fingerprint density at radius 3 is 2.37 bits per heavy atom. The Hall–Kier alpha value is -2.33. The first-order valence-electron chi connectivity index (χ1n) is 9.43. The van der Waals surface area contributed by atoms with Crippen LogP contribution in [-0.2, 0) is 4.79 Å². The summed E-state index contributed by atoms with van der Waals surface area (Å²) < 4.78 is 0. The number of hydrogen-bond donors (Lipinski definition) is 0. The summed E-state index contributed by atoms with van der Waals surface area (Å²) in [7, 11) is 0. The Morgan fingerprint density at radius 2 is 1.74 bits per heavy atom. The van der Waals surface area contributed by atoms with Gasteiger partial charge in [0.05, 0.1) is 5.92 Å². The van der Waals surface area contributed by atoms with Crippen molar-refractivity contribution in [2.75, 3.05) is 26.2 Å². The van der Waals surface area contributed by atoms with Crippen LogP contribution in [-0.4, -0.2) is 47.8 Å². The Morgan fingerprint density at radius 1 is 1.04 bits per heavy atom. The van der Waals surface area contributed by atoms with Crippen LogP contribution >= 0.6 is 11.6 Å². The van der Waals surface area contributed by atoms with E-state index in [0.29, 0.717) is 36.8 Å². The minimum Gasteiger partial charge on any atom is -0.343 e. The molecule has 0 saturated carbocycles. The average Bonchev–Trinajstić information content (AvgIpc) is 3.14. The lowest BCUT2D eigenvalue weighted by atomic mass is 9.88. The fraction of sp³-hybridized carbons (Fsp3) is 0.364. The molecule has 1 fully saturated rings. The number of hydrogen-bond acceptors (Lipinski definition) is 2. The maximum Gasteiger partial charge on any atom is 0.253 e. The zero-order valence-corrected chi connectivity index (χ0v) is 16.5. The lowest BCUT2D eigenvalue weighted by molar-refractivity contribution is -0.135. The molecule has 2 unspecified atom stereocenters. The van der Waals surface area contributed by atoms with Crippen LogP contribution in [0.15, 0.2) is 54.6 Å². The van der Waals surface area contributed by atoms with Crippen LogP contribution < -0.4 is 0 Å². The summed E-state index contributed by atoms with van der Waals surface area (Å²) in [4.78, 5) is 29.8. The largest absolute Gasteiger partial charge is 0.343 e. The van der Waals surface area contributed by atoms with E-state index in [0.717, 1.165) is 5.56 Å². The molecule has 27 heavy (non-hydrogen) atoms. The van der Waals surface area contributed by atoms with Crippen molar-refractivity contribution in [3.63, 3.8) is 0 Å². The van der Waals surface area contributed by atoms with E-state index in [1.165, 1.54) is 0 Å². The highest BCUT2D eigenvalue weighted by molar-refractivity contribution is 6.30. The second kappa shape index (κ2) is 8.57. The fourth-order valence-corrected chi connectivity index (χ4v) is 4.02. The SMILES string of the molecule is CCN(CC)C(=O)C1CN(C(=O)c2cccc(Cl)c2)CC1c1ccccc1. The molecule has 2 atom stereocenters. The Bertz CT molecular complexity index is 805. The molecule has 142 valence electrons. The van der Waals surface area contributed by atoms with Gasteiger partial charge in [0.2, 0.25) is 5.91 Å². The van der Waals surface area contributed by atoms with E-state index in [-0.39, 0.29) is 23.7 Å². The van der Waals surface area contributed by atoms with Gasteiger partial charge < -0.3 is 9.80 Å². The van der Waals surface area contributed by atoms with Gasteiger partial charge in [0.25, 0.3) is 5.91 Å². The van der Waals surface area contributed by atoms with Crippen molar-refractivity contribution < 1.29 is 9.59 Å². The molecule has 2 aromatic carbocycles. The first kappa shape index (κ1) is 19.4. The molecule has 4 nitrogen and oxygen atoms in total. The van der Waals surface area contributed by atoms with Gasteiger partial charge in [-0.1, -0.05) is 48.0 Å². The van der Waals surface area contributed by atoms with E-state index in [1.807, 2.05) is 49.1 Å². The molecule has 0 aromatic heterocycles. The minimum absolute atomic E-state index is 0.00225. The van der Waals surface area contributed by atoms with Gasteiger partial charge in [0, 0.05) is 42.7 Å². The van der Waals surface area contributed by atoms with Crippen LogP contribution in [0.25, 0.3) is 0 Å². The number of nitrogens with zero attached hydrogens (tertiary/aromatic N) is 2. The van der Waals surface area contributed by atoms with Gasteiger partial charge in [-0.05, 0) is 37.6 Å². The van der Waals surface area contributed by atoms with Gasteiger partial charge in [0.15, 0.2) is 0 Å². The topological polar surface area (TPSA) is 40.6 Å². The molecule has 0 N–H and O–H groups in total. The van der Waals surface area contributed by atoms with Crippen molar-refractivity contribution in [1.29, 1.82) is 0 Å². The number of likely N-dealkylation sites (tertiary alicyclic amines) is 1. The van der Waals surface area contributed by atoms with Gasteiger partial charge in [0.1, 0.15) is 0 Å². The summed E-state index contributed by atoms with van der Waals surface area (Å²) in [6, 6.07) is 17.0. The highest BCUT2D eigenvalue weighted by atomic mass is 35.5. The number of benzene rings is 2. The highest BCUT2D eigenvalue weighted by Gasteiger charge is 2.41. The summed E-state index contributed by atoms with van der Waals surface area (Å²) in [6.45, 7) is 6.30. The molecular weight excluding hydrogens is 360 g/mol. The molecule has 0 aliphatic carbocycles. The van der Waals surface area contributed by atoms with Crippen molar-refractivity contribution in [3.05, 3.63) is 70.7 Å². The predicted molar refractivity (Wildman–Crippen MR) is 108 cm³/mol. The van der Waals surface area contributed by atoms with Crippen LogP contribution in [0, 0.1) is 5.92 Å². The third kappa shape index (κ3) is 4.16. The number of carbonyl (C=O) groups is 2. The third-order valence-electron chi connectivity index (χ3n) is 5.30. The summed E-state index contributed by atoms with van der Waals surface area (Å²) in [5.74, 6) is -0.179. The molecule has 1 heterocycles. The van der Waals surface area contributed by atoms with E-state index >= 15 is 0 Å². The average molecular weight is 385 g/mol. The van der Waals surface area contributed by atoms with E-state index in [1.54, 1.807) is 29.2 Å². The van der Waals surface area contributed by atoms with Gasteiger partial charge in [-0.2, -0.15) is 0 Å². The molecule has 0 bridgehead atoms. The number of rotatable bonds is 5. The van der Waals surface area contributed by atoms with Crippen LogP contribution in [0.2, 0.25) is 5.02 Å². The lowest BCUT2D eigenvalue weighted by Crippen LogP contribution is -2.39. The number of amides is 2. The number of halogens is 1. The maximum atomic E-state index is 13.1. The van der Waals surface area contributed by atoms with Crippen molar-refractivity contribution in [1.82, 2.24) is 9.80 Å². The van der Waals surface area contributed by atoms with Crippen LogP contribution in [0.3, 0.4) is 0 Å². The maximum absolute atomic E-state index is 13.1. The molecule has 0 spiro atoms. The molecule has 1 aliphatic heterocycles. The quantitative estimate of drug-likeness (QED) is 0.779. The summed E-state index contributed by atoms with van der Waals surface area (Å²) in [6.07, 6.45) is 0. The molecule has 0 radical (unpaired) electrons. The first-order valence-corrected chi connectivity index (χ1v) is 9.81. The molecule has 1 aliphatic rings. The van der Waals surface area contributed by atoms with Crippen molar-refractivity contribution in [2.24, 2.45) is 5.92 Å². The lowest BCUT2D eigenvalue weighted by Gasteiger charge is -2.25. The van der Waals surface area contributed by atoms with Crippen molar-refractivity contribution in [2.45, 2.75) is 19.8 Å². The standard InChI is InChI=1S/C22H25ClN2O2/c1-3-24(4-2)22(27)20-15-25(14-19(20)16-9-6-5-7-10-16)21(26)17-11-8-12-18(23)13-17/h5-13,19-20H,3-4,14-15H2,1-2H3. The fourth-order valence-electron chi connectivity index (χ4n) is 3.83. The Balaban J connectivity index is 1.89. The number of carbonyl (C=O) groups excluding carboxylic acids is 2. The van der Waals surface area contributed by atoms with E-state index in [2.05, 4.69) is 0 Å². The molecule has 1 saturated heterocycles. The van der Waals surface area contributed by atoms with Crippen LogP contribution in [0.5, 0.6) is 0 Å². The van der Waals surface area contributed by atoms with E-state index in [9.17, 15) is 9.59 Å². The molecule has 3 rings (SSSR count). The normalized spacial score (nSPS) is 19.1. The smallest absolute Gasteiger partial charge is 0.253 e. The molecule has 5 heteroatoms. The van der Waals surface area contributed by atoms with Gasteiger partial charge >= 0.3 is 0 Å². The monoisotopic (exact) mass is 384 g/mol. The van der Waals surface area contributed by atoms with Crippen LogP contribution in [0.4, 0.5) is 0 Å². The van der Waals surface area contributed by atoms with E-state index in [4.69, 9.17) is 11.6 Å². The molecule has 2 amide bonds. The second-order valence-corrected chi connectivity index (χ2v) is 7.29. The second-order valence-electron chi connectivity index (χ2n) is 6.85. The van der Waals surface area contributed by atoms with Crippen LogP contribution in [0.1, 0.15) is 35.7 Å². The minimum atomic E-state index is -0.226. The van der Waals surface area contributed by atoms with Gasteiger partial charge in [-0.25, -0.2) is 0 Å². The summed E-state index contributed by atoms with van der Waals surface area (Å²) >= 11 is 6.05. The van der Waals surface area contributed by atoms with E-state index < -0.39 is 0 Å². The van der Waals surface area contributed by atoms with Gasteiger partial charge in [-0.3, -0.25) is 9.59 Å². The highest BCUT2D eigenvalue weighted by Crippen LogP contribution is 2.35. The molecular formula is C22H25ClN2O2. The molecule has 2 aromatic rings. The van der Waals surface area contributed by atoms with Crippen molar-refractivity contribution in [3.8, 4) is 0 Å². The Labute approximate surface area is 165 Å². The summed E-state index contributed by atoms with van der Waals surface area (Å²) in [5.41, 5.74) is 1.66. The van der Waals surface area contributed by atoms with Crippen molar-refractivity contribution >= 4 is 23.4 Å². The summed E-state index contributed by atoms with van der Waals surface area (Å²) in [5, 5.41) is 0.537. The predicted octanol–water partition coefficient (Wildman–Crippen LogP) is 4.06. The first-order chi connectivity index (χ1) is 13.0. The third-order valence-corrected chi connectivity index (χ3v) is 5.53. The zero-order valence-electron chi connectivity index (χ0n) is 15.8.